The second-order valence-electron chi connectivity index (χ2n) is 3.23. The Labute approximate surface area is 92.5 Å². The zero-order valence-electron chi connectivity index (χ0n) is 8.65. The zero-order valence-corrected chi connectivity index (χ0v) is 9.47. The lowest BCUT2D eigenvalue weighted by atomic mass is 10.2. The molecular formula is C11H12N2OS. The molecular weight excluding hydrogens is 208 g/mol. The molecule has 15 heavy (non-hydrogen) atoms. The standard InChI is InChI=1S/C11H12N2OS/c1-7-6-13-11(15-7)8-3-4-10(14-2)9(12)5-8/h3-6H,12H2,1-2H3. The van der Waals surface area contributed by atoms with Crippen LogP contribution in [0, 0.1) is 6.92 Å². The Balaban J connectivity index is 2.42. The van der Waals surface area contributed by atoms with E-state index in [-0.39, 0.29) is 0 Å². The van der Waals surface area contributed by atoms with E-state index in [1.807, 2.05) is 31.3 Å². The number of hydrogen-bond acceptors (Lipinski definition) is 4. The number of rotatable bonds is 2. The molecule has 2 aromatic rings. The van der Waals surface area contributed by atoms with E-state index < -0.39 is 0 Å². The van der Waals surface area contributed by atoms with Gasteiger partial charge in [0.1, 0.15) is 10.8 Å². The molecule has 0 saturated heterocycles. The summed E-state index contributed by atoms with van der Waals surface area (Å²) in [6.45, 7) is 2.04. The molecule has 0 bridgehead atoms. The van der Waals surface area contributed by atoms with Gasteiger partial charge in [0.2, 0.25) is 0 Å². The van der Waals surface area contributed by atoms with Gasteiger partial charge < -0.3 is 10.5 Å². The van der Waals surface area contributed by atoms with Crippen LogP contribution in [0.3, 0.4) is 0 Å². The molecule has 1 aromatic heterocycles. The van der Waals surface area contributed by atoms with Gasteiger partial charge in [0.05, 0.1) is 12.8 Å². The Hall–Kier alpha value is -1.55. The molecule has 1 aromatic carbocycles. The molecule has 2 rings (SSSR count). The number of nitrogen functional groups attached to an aromatic ring is 1. The summed E-state index contributed by atoms with van der Waals surface area (Å²) in [6, 6.07) is 5.71. The van der Waals surface area contributed by atoms with Crippen molar-refractivity contribution >= 4 is 17.0 Å². The van der Waals surface area contributed by atoms with E-state index >= 15 is 0 Å². The van der Waals surface area contributed by atoms with Gasteiger partial charge in [-0.2, -0.15) is 0 Å². The number of ether oxygens (including phenoxy) is 1. The number of anilines is 1. The largest absolute Gasteiger partial charge is 0.495 e. The Kier molecular flexibility index (Phi) is 2.60. The molecule has 1 heterocycles. The Bertz CT molecular complexity index is 479. The van der Waals surface area contributed by atoms with Crippen molar-refractivity contribution in [3.63, 3.8) is 0 Å². The summed E-state index contributed by atoms with van der Waals surface area (Å²) in [4.78, 5) is 5.50. The van der Waals surface area contributed by atoms with Gasteiger partial charge >= 0.3 is 0 Å². The van der Waals surface area contributed by atoms with E-state index in [9.17, 15) is 0 Å². The minimum absolute atomic E-state index is 0.642. The van der Waals surface area contributed by atoms with Gasteiger partial charge in [0.25, 0.3) is 0 Å². The van der Waals surface area contributed by atoms with Gasteiger partial charge in [0.15, 0.2) is 0 Å². The molecule has 0 radical (unpaired) electrons. The number of nitrogens with two attached hydrogens (primary N) is 1. The molecule has 0 aliphatic rings. The van der Waals surface area contributed by atoms with E-state index in [0.717, 1.165) is 10.6 Å². The smallest absolute Gasteiger partial charge is 0.141 e. The van der Waals surface area contributed by atoms with Crippen molar-refractivity contribution in [3.8, 4) is 16.3 Å². The number of thiazole rings is 1. The maximum absolute atomic E-state index is 5.83. The molecule has 0 aliphatic heterocycles. The van der Waals surface area contributed by atoms with Crippen molar-refractivity contribution in [2.24, 2.45) is 0 Å². The molecule has 0 unspecified atom stereocenters. The summed E-state index contributed by atoms with van der Waals surface area (Å²) >= 11 is 1.66. The first-order valence-electron chi connectivity index (χ1n) is 4.57. The first-order chi connectivity index (χ1) is 7.20. The lowest BCUT2D eigenvalue weighted by molar-refractivity contribution is 0.417. The molecule has 0 spiro atoms. The second kappa shape index (κ2) is 3.90. The molecule has 0 amide bonds. The fourth-order valence-electron chi connectivity index (χ4n) is 1.36. The van der Waals surface area contributed by atoms with Gasteiger partial charge in [-0.1, -0.05) is 0 Å². The van der Waals surface area contributed by atoms with Crippen molar-refractivity contribution in [3.05, 3.63) is 29.3 Å². The Morgan fingerprint density at radius 1 is 1.40 bits per heavy atom. The highest BCUT2D eigenvalue weighted by Gasteiger charge is 2.05. The number of aryl methyl sites for hydroxylation is 1. The lowest BCUT2D eigenvalue weighted by Gasteiger charge is -2.04. The zero-order chi connectivity index (χ0) is 10.8. The van der Waals surface area contributed by atoms with Crippen LogP contribution in [-0.4, -0.2) is 12.1 Å². The predicted molar refractivity (Wildman–Crippen MR) is 63.3 cm³/mol. The minimum atomic E-state index is 0.642. The maximum atomic E-state index is 5.83. The number of benzene rings is 1. The van der Waals surface area contributed by atoms with E-state index in [1.165, 1.54) is 4.88 Å². The molecule has 0 aliphatic carbocycles. The molecule has 2 N–H and O–H groups in total. The average molecular weight is 220 g/mol. The van der Waals surface area contributed by atoms with Gasteiger partial charge in [-0.05, 0) is 25.1 Å². The third-order valence-corrected chi connectivity index (χ3v) is 3.06. The fraction of sp³-hybridized carbons (Fsp3) is 0.182. The van der Waals surface area contributed by atoms with Gasteiger partial charge in [0, 0.05) is 16.6 Å². The fourth-order valence-corrected chi connectivity index (χ4v) is 2.12. The van der Waals surface area contributed by atoms with E-state index in [2.05, 4.69) is 4.98 Å². The summed E-state index contributed by atoms with van der Waals surface area (Å²) in [5, 5.41) is 0.988. The van der Waals surface area contributed by atoms with Crippen LogP contribution in [0.5, 0.6) is 5.75 Å². The predicted octanol–water partition coefficient (Wildman–Crippen LogP) is 2.71. The third-order valence-electron chi connectivity index (χ3n) is 2.10. The van der Waals surface area contributed by atoms with Crippen molar-refractivity contribution in [1.82, 2.24) is 4.98 Å². The maximum Gasteiger partial charge on any atom is 0.141 e. The first-order valence-corrected chi connectivity index (χ1v) is 5.38. The van der Waals surface area contributed by atoms with Crippen LogP contribution < -0.4 is 10.5 Å². The highest BCUT2D eigenvalue weighted by Crippen LogP contribution is 2.30. The summed E-state index contributed by atoms with van der Waals surface area (Å²) in [5.74, 6) is 0.701. The van der Waals surface area contributed by atoms with Gasteiger partial charge in [-0.3, -0.25) is 0 Å². The van der Waals surface area contributed by atoms with Crippen molar-refractivity contribution in [1.29, 1.82) is 0 Å². The Morgan fingerprint density at radius 2 is 2.20 bits per heavy atom. The summed E-state index contributed by atoms with van der Waals surface area (Å²) in [6.07, 6.45) is 1.86. The topological polar surface area (TPSA) is 48.1 Å². The monoisotopic (exact) mass is 220 g/mol. The average Bonchev–Trinajstić information content (AvgIpc) is 2.65. The summed E-state index contributed by atoms with van der Waals surface area (Å²) in [7, 11) is 1.61. The number of hydrogen-bond donors (Lipinski definition) is 1. The lowest BCUT2D eigenvalue weighted by Crippen LogP contribution is -1.92. The van der Waals surface area contributed by atoms with Gasteiger partial charge in [-0.25, -0.2) is 4.98 Å². The third kappa shape index (κ3) is 1.94. The van der Waals surface area contributed by atoms with Crippen LogP contribution >= 0.6 is 11.3 Å². The molecule has 0 saturated carbocycles. The molecule has 0 atom stereocenters. The van der Waals surface area contributed by atoms with Crippen molar-refractivity contribution in [2.75, 3.05) is 12.8 Å². The van der Waals surface area contributed by atoms with Crippen LogP contribution in [0.2, 0.25) is 0 Å². The summed E-state index contributed by atoms with van der Waals surface area (Å²) < 4.78 is 5.10. The van der Waals surface area contributed by atoms with E-state index in [1.54, 1.807) is 18.4 Å². The van der Waals surface area contributed by atoms with Gasteiger partial charge in [-0.15, -0.1) is 11.3 Å². The number of methoxy groups -OCH3 is 1. The molecule has 78 valence electrons. The molecule has 4 heteroatoms. The van der Waals surface area contributed by atoms with Crippen LogP contribution in [0.1, 0.15) is 4.88 Å². The van der Waals surface area contributed by atoms with E-state index in [4.69, 9.17) is 10.5 Å². The first kappa shape index (κ1) is 9.98. The number of nitrogens with zero attached hydrogens (tertiary/aromatic N) is 1. The molecule has 3 nitrogen and oxygen atoms in total. The second-order valence-corrected chi connectivity index (χ2v) is 4.47. The van der Waals surface area contributed by atoms with Crippen LogP contribution in [0.25, 0.3) is 10.6 Å². The highest BCUT2D eigenvalue weighted by molar-refractivity contribution is 7.14. The summed E-state index contributed by atoms with van der Waals surface area (Å²) in [5.41, 5.74) is 7.50. The van der Waals surface area contributed by atoms with Crippen molar-refractivity contribution < 1.29 is 4.74 Å². The van der Waals surface area contributed by atoms with Crippen LogP contribution in [-0.2, 0) is 0 Å². The SMILES string of the molecule is COc1ccc(-c2ncc(C)s2)cc1N. The Morgan fingerprint density at radius 3 is 2.73 bits per heavy atom. The normalized spacial score (nSPS) is 10.3. The van der Waals surface area contributed by atoms with Crippen LogP contribution in [0.15, 0.2) is 24.4 Å². The van der Waals surface area contributed by atoms with Crippen LogP contribution in [0.4, 0.5) is 5.69 Å². The van der Waals surface area contributed by atoms with Crippen molar-refractivity contribution in [2.45, 2.75) is 6.92 Å². The minimum Gasteiger partial charge on any atom is -0.495 e. The number of aromatic nitrogens is 1. The quantitative estimate of drug-likeness (QED) is 0.791. The highest BCUT2D eigenvalue weighted by atomic mass is 32.1. The van der Waals surface area contributed by atoms with E-state index in [0.29, 0.717) is 11.4 Å². The molecule has 0 fully saturated rings.